The van der Waals surface area contributed by atoms with Crippen molar-refractivity contribution in [2.75, 3.05) is 6.54 Å². The highest BCUT2D eigenvalue weighted by atomic mass is 32.1. The highest BCUT2D eigenvalue weighted by molar-refractivity contribution is 7.19. The number of aryl methyl sites for hydroxylation is 2. The molecule has 0 aromatic carbocycles. The van der Waals surface area contributed by atoms with Crippen LogP contribution in [-0.4, -0.2) is 32.2 Å². The van der Waals surface area contributed by atoms with E-state index in [4.69, 9.17) is 0 Å². The summed E-state index contributed by atoms with van der Waals surface area (Å²) in [5.41, 5.74) is 8.88. The van der Waals surface area contributed by atoms with Crippen LogP contribution in [0.15, 0.2) is 12.5 Å². The van der Waals surface area contributed by atoms with Gasteiger partial charge in [-0.1, -0.05) is 13.8 Å². The minimum absolute atomic E-state index is 0.447. The van der Waals surface area contributed by atoms with Gasteiger partial charge in [-0.15, -0.1) is 11.3 Å². The van der Waals surface area contributed by atoms with Crippen LogP contribution in [0.25, 0.3) is 27.1 Å². The van der Waals surface area contributed by atoms with E-state index in [0.29, 0.717) is 5.92 Å². The average Bonchev–Trinajstić information content (AvgIpc) is 3.50. The lowest BCUT2D eigenvalue weighted by atomic mass is 9.89. The minimum atomic E-state index is 0.447. The Hall–Kier alpha value is -2.18. The van der Waals surface area contributed by atoms with Crippen LogP contribution < -0.4 is 5.32 Å². The van der Waals surface area contributed by atoms with Crippen LogP contribution in [-0.2, 0) is 0 Å². The number of nitrogens with one attached hydrogen (secondary N) is 2. The Morgan fingerprint density at radius 1 is 1.13 bits per heavy atom. The van der Waals surface area contributed by atoms with Gasteiger partial charge in [-0.05, 0) is 80.2 Å². The number of nitrogens with zero attached hydrogens (tertiary/aromatic N) is 3. The number of pyridine rings is 1. The number of aromatic nitrogens is 4. The fourth-order valence-electron chi connectivity index (χ4n) is 6.00. The number of piperidine rings is 1. The molecule has 6 heteroatoms. The van der Waals surface area contributed by atoms with Crippen molar-refractivity contribution in [1.82, 2.24) is 24.9 Å². The van der Waals surface area contributed by atoms with Crippen LogP contribution in [0.1, 0.15) is 65.7 Å². The molecule has 0 amide bonds. The van der Waals surface area contributed by atoms with E-state index in [2.05, 4.69) is 61.2 Å². The van der Waals surface area contributed by atoms with E-state index in [0.717, 1.165) is 23.5 Å². The number of rotatable bonds is 3. The highest BCUT2D eigenvalue weighted by Crippen LogP contribution is 2.50. The van der Waals surface area contributed by atoms with Crippen LogP contribution in [0.3, 0.4) is 0 Å². The molecule has 30 heavy (non-hydrogen) atoms. The van der Waals surface area contributed by atoms with E-state index in [-0.39, 0.29) is 0 Å². The van der Waals surface area contributed by atoms with E-state index in [9.17, 15) is 0 Å². The zero-order chi connectivity index (χ0) is 20.7. The minimum Gasteiger partial charge on any atom is -0.346 e. The second-order valence-corrected chi connectivity index (χ2v) is 10.7. The SMILES string of the molecule is Cc1c(-c2[nH]c3sc([C@@H]4C[C@@H]5C[C@H]4CN5)c(C)c3c2C(C)C)cn2ncnc2c1C. The normalized spacial score (nSPS) is 23.6. The third-order valence-electron chi connectivity index (χ3n) is 7.63. The topological polar surface area (TPSA) is 58.0 Å². The lowest BCUT2D eigenvalue weighted by Crippen LogP contribution is -2.28. The molecule has 1 saturated heterocycles. The highest BCUT2D eigenvalue weighted by Gasteiger charge is 2.42. The zero-order valence-electron chi connectivity index (χ0n) is 18.3. The van der Waals surface area contributed by atoms with Gasteiger partial charge in [0.2, 0.25) is 0 Å². The molecule has 2 aliphatic rings. The summed E-state index contributed by atoms with van der Waals surface area (Å²) < 4.78 is 1.91. The van der Waals surface area contributed by atoms with Gasteiger partial charge in [-0.2, -0.15) is 5.10 Å². The van der Waals surface area contributed by atoms with Crippen molar-refractivity contribution in [3.8, 4) is 11.3 Å². The summed E-state index contributed by atoms with van der Waals surface area (Å²) in [7, 11) is 0. The number of thiophene rings is 1. The molecule has 2 fully saturated rings. The molecule has 5 heterocycles. The quantitative estimate of drug-likeness (QED) is 0.464. The molecular weight excluding hydrogens is 390 g/mol. The summed E-state index contributed by atoms with van der Waals surface area (Å²) in [6, 6.07) is 0.736. The Morgan fingerprint density at radius 3 is 2.67 bits per heavy atom. The van der Waals surface area contributed by atoms with Gasteiger partial charge in [-0.3, -0.25) is 0 Å². The van der Waals surface area contributed by atoms with Gasteiger partial charge in [0.15, 0.2) is 5.65 Å². The standard InChI is InChI=1S/C24H29N5S/c1-11(2)19-20-14(5)22(17-7-16-6-15(17)8-25-16)30-24(20)28-21(19)18-9-29-23(26-10-27-29)13(4)12(18)3/h9-11,15-17,25,28H,6-8H2,1-5H3/t15-,16-,17+/m0/s1. The summed E-state index contributed by atoms with van der Waals surface area (Å²) in [5, 5.41) is 9.55. The van der Waals surface area contributed by atoms with E-state index in [1.54, 1.807) is 11.2 Å². The predicted octanol–water partition coefficient (Wildman–Crippen LogP) is 5.45. The molecule has 6 rings (SSSR count). The van der Waals surface area contributed by atoms with E-state index in [1.807, 2.05) is 15.9 Å². The van der Waals surface area contributed by atoms with Gasteiger partial charge in [0.25, 0.3) is 0 Å². The number of hydrogen-bond donors (Lipinski definition) is 2. The van der Waals surface area contributed by atoms with Crippen LogP contribution in [0.2, 0.25) is 0 Å². The fraction of sp³-hybridized carbons (Fsp3) is 0.500. The van der Waals surface area contributed by atoms with Crippen molar-refractivity contribution in [2.45, 2.75) is 65.3 Å². The summed E-state index contributed by atoms with van der Waals surface area (Å²) in [6.07, 6.45) is 6.45. The van der Waals surface area contributed by atoms with Crippen molar-refractivity contribution in [1.29, 1.82) is 0 Å². The molecule has 1 aliphatic carbocycles. The largest absolute Gasteiger partial charge is 0.346 e. The summed E-state index contributed by atoms with van der Waals surface area (Å²) in [4.78, 5) is 11.3. The molecule has 0 radical (unpaired) electrons. The second-order valence-electron chi connectivity index (χ2n) is 9.63. The van der Waals surface area contributed by atoms with Crippen molar-refractivity contribution >= 4 is 27.2 Å². The van der Waals surface area contributed by atoms with Gasteiger partial charge in [0, 0.05) is 28.1 Å². The molecule has 156 valence electrons. The maximum atomic E-state index is 4.43. The first-order chi connectivity index (χ1) is 14.4. The molecule has 2 N–H and O–H groups in total. The van der Waals surface area contributed by atoms with Crippen molar-refractivity contribution in [3.63, 3.8) is 0 Å². The number of hydrogen-bond acceptors (Lipinski definition) is 4. The predicted molar refractivity (Wildman–Crippen MR) is 124 cm³/mol. The maximum Gasteiger partial charge on any atom is 0.158 e. The van der Waals surface area contributed by atoms with Gasteiger partial charge in [-0.25, -0.2) is 9.50 Å². The molecule has 1 aliphatic heterocycles. The molecule has 0 spiro atoms. The van der Waals surface area contributed by atoms with E-state index < -0.39 is 0 Å². The first-order valence-corrected chi connectivity index (χ1v) is 11.9. The monoisotopic (exact) mass is 419 g/mol. The molecule has 3 atom stereocenters. The van der Waals surface area contributed by atoms with Gasteiger partial charge in [0.1, 0.15) is 11.2 Å². The lowest BCUT2D eigenvalue weighted by Gasteiger charge is -2.22. The summed E-state index contributed by atoms with van der Waals surface area (Å²) >= 11 is 2.01. The molecule has 4 aromatic rings. The van der Waals surface area contributed by atoms with E-state index >= 15 is 0 Å². The number of aromatic amines is 1. The van der Waals surface area contributed by atoms with Crippen molar-refractivity contribution < 1.29 is 0 Å². The molecule has 0 unspecified atom stereocenters. The fourth-order valence-corrected chi connectivity index (χ4v) is 7.44. The van der Waals surface area contributed by atoms with Crippen LogP contribution in [0, 0.1) is 26.7 Å². The Labute approximate surface area is 180 Å². The average molecular weight is 420 g/mol. The number of fused-ring (bicyclic) bond motifs is 4. The molecule has 2 bridgehead atoms. The van der Waals surface area contributed by atoms with Crippen molar-refractivity contribution in [2.24, 2.45) is 5.92 Å². The van der Waals surface area contributed by atoms with Crippen LogP contribution >= 0.6 is 11.3 Å². The third-order valence-corrected chi connectivity index (χ3v) is 8.97. The lowest BCUT2D eigenvalue weighted by molar-refractivity contribution is 0.445. The van der Waals surface area contributed by atoms with Gasteiger partial charge >= 0.3 is 0 Å². The molecule has 5 nitrogen and oxygen atoms in total. The van der Waals surface area contributed by atoms with E-state index in [1.165, 1.54) is 63.1 Å². The first-order valence-electron chi connectivity index (χ1n) is 11.1. The first kappa shape index (κ1) is 18.6. The molecule has 4 aromatic heterocycles. The molecular formula is C24H29N5S. The zero-order valence-corrected chi connectivity index (χ0v) is 19.2. The smallest absolute Gasteiger partial charge is 0.158 e. The summed E-state index contributed by atoms with van der Waals surface area (Å²) in [5.74, 6) is 2.00. The van der Waals surface area contributed by atoms with Crippen LogP contribution in [0.4, 0.5) is 0 Å². The second kappa shape index (κ2) is 6.41. The third kappa shape index (κ3) is 2.44. The Kier molecular flexibility index (Phi) is 3.97. The Morgan fingerprint density at radius 2 is 1.97 bits per heavy atom. The Bertz CT molecular complexity index is 1290. The summed E-state index contributed by atoms with van der Waals surface area (Å²) in [6.45, 7) is 12.5. The maximum absolute atomic E-state index is 4.43. The van der Waals surface area contributed by atoms with Gasteiger partial charge < -0.3 is 10.3 Å². The number of H-pyrrole nitrogens is 1. The van der Waals surface area contributed by atoms with Gasteiger partial charge in [0.05, 0.1) is 5.69 Å². The van der Waals surface area contributed by atoms with Crippen LogP contribution in [0.5, 0.6) is 0 Å². The molecule has 1 saturated carbocycles. The Balaban J connectivity index is 1.56. The van der Waals surface area contributed by atoms with Crippen molar-refractivity contribution in [3.05, 3.63) is 39.7 Å².